The van der Waals surface area contributed by atoms with Crippen LogP contribution in [0.4, 0.5) is 26.3 Å². The molecule has 0 aliphatic carbocycles. The highest BCUT2D eigenvalue weighted by molar-refractivity contribution is 5.93. The molecule has 0 radical (unpaired) electrons. The molecule has 1 aromatic carbocycles. The summed E-state index contributed by atoms with van der Waals surface area (Å²) in [4.78, 5) is 11.2. The van der Waals surface area contributed by atoms with Gasteiger partial charge in [0.05, 0.1) is 35.4 Å². The zero-order chi connectivity index (χ0) is 15.7. The molecule has 0 fully saturated rings. The Bertz CT molecular complexity index is 547. The quantitative estimate of drug-likeness (QED) is 0.590. The Morgan fingerprint density at radius 1 is 1.10 bits per heavy atom. The molecule has 0 unspecified atom stereocenters. The third-order valence-electron chi connectivity index (χ3n) is 2.27. The number of hydrogen-bond donors (Lipinski definition) is 0. The van der Waals surface area contributed by atoms with E-state index in [9.17, 15) is 31.1 Å². The molecule has 0 atom stereocenters. The first-order chi connectivity index (χ1) is 9.02. The highest BCUT2D eigenvalue weighted by Crippen LogP contribution is 2.40. The number of rotatable bonds is 1. The lowest BCUT2D eigenvalue weighted by Crippen LogP contribution is -2.21. The van der Waals surface area contributed by atoms with Gasteiger partial charge in [-0.25, -0.2) is 4.79 Å². The van der Waals surface area contributed by atoms with Crippen molar-refractivity contribution < 1.29 is 35.9 Å². The van der Waals surface area contributed by atoms with E-state index in [2.05, 4.69) is 4.74 Å². The van der Waals surface area contributed by atoms with E-state index < -0.39 is 40.6 Å². The second-order valence-electron chi connectivity index (χ2n) is 3.55. The highest BCUT2D eigenvalue weighted by Gasteiger charge is 2.44. The van der Waals surface area contributed by atoms with Crippen LogP contribution in [0.1, 0.15) is 27.0 Å². The summed E-state index contributed by atoms with van der Waals surface area (Å²) >= 11 is 0. The van der Waals surface area contributed by atoms with E-state index in [-0.39, 0.29) is 12.1 Å². The fourth-order valence-corrected chi connectivity index (χ4v) is 1.48. The Morgan fingerprint density at radius 2 is 1.50 bits per heavy atom. The van der Waals surface area contributed by atoms with Crippen molar-refractivity contribution in [1.82, 2.24) is 0 Å². The van der Waals surface area contributed by atoms with E-state index in [4.69, 9.17) is 5.26 Å². The largest absolute Gasteiger partial charge is 0.465 e. The molecule has 0 heterocycles. The number of hydrogen-bond acceptors (Lipinski definition) is 3. The Balaban J connectivity index is 3.83. The van der Waals surface area contributed by atoms with Crippen molar-refractivity contribution in [2.24, 2.45) is 0 Å². The van der Waals surface area contributed by atoms with Crippen molar-refractivity contribution in [3.05, 3.63) is 34.4 Å². The van der Waals surface area contributed by atoms with Gasteiger partial charge in [0.2, 0.25) is 0 Å². The minimum atomic E-state index is -5.24. The summed E-state index contributed by atoms with van der Waals surface area (Å²) < 4.78 is 80.4. The van der Waals surface area contributed by atoms with E-state index in [1.807, 2.05) is 0 Å². The zero-order valence-corrected chi connectivity index (χ0v) is 9.69. The molecule has 0 aliphatic heterocycles. The van der Waals surface area contributed by atoms with Gasteiger partial charge < -0.3 is 4.74 Å². The van der Waals surface area contributed by atoms with E-state index in [0.717, 1.165) is 0 Å². The van der Waals surface area contributed by atoms with Gasteiger partial charge in [0.25, 0.3) is 0 Å². The summed E-state index contributed by atoms with van der Waals surface area (Å²) in [6.07, 6.45) is -10.5. The maximum Gasteiger partial charge on any atom is 0.417 e. The topological polar surface area (TPSA) is 50.1 Å². The molecule has 0 N–H and O–H groups in total. The molecule has 0 bridgehead atoms. The van der Waals surface area contributed by atoms with Crippen molar-refractivity contribution in [3.63, 3.8) is 0 Å². The molecule has 1 aromatic rings. The van der Waals surface area contributed by atoms with Crippen LogP contribution in [0.5, 0.6) is 0 Å². The molecule has 0 amide bonds. The molecule has 108 valence electrons. The van der Waals surface area contributed by atoms with Gasteiger partial charge in [0.1, 0.15) is 0 Å². The van der Waals surface area contributed by atoms with Crippen LogP contribution in [0.25, 0.3) is 0 Å². The Morgan fingerprint density at radius 3 is 1.75 bits per heavy atom. The molecule has 1 rings (SSSR count). The molecular weight excluding hydrogens is 292 g/mol. The minimum absolute atomic E-state index is 0.168. The summed E-state index contributed by atoms with van der Waals surface area (Å²) in [5.74, 6) is -1.78. The Kier molecular flexibility index (Phi) is 3.98. The molecule has 0 aliphatic rings. The first-order valence-electron chi connectivity index (χ1n) is 4.83. The average Bonchev–Trinajstić information content (AvgIpc) is 2.34. The van der Waals surface area contributed by atoms with Gasteiger partial charge in [0, 0.05) is 0 Å². The maximum atomic E-state index is 12.7. The van der Waals surface area contributed by atoms with Gasteiger partial charge >= 0.3 is 18.3 Å². The molecule has 0 saturated heterocycles. The van der Waals surface area contributed by atoms with Crippen LogP contribution in [-0.4, -0.2) is 13.1 Å². The van der Waals surface area contributed by atoms with Crippen molar-refractivity contribution in [2.75, 3.05) is 7.11 Å². The average molecular weight is 297 g/mol. The van der Waals surface area contributed by atoms with Crippen LogP contribution in [0.3, 0.4) is 0 Å². The lowest BCUT2D eigenvalue weighted by Gasteiger charge is -2.17. The third-order valence-corrected chi connectivity index (χ3v) is 2.27. The van der Waals surface area contributed by atoms with Crippen LogP contribution in [0.15, 0.2) is 12.1 Å². The fourth-order valence-electron chi connectivity index (χ4n) is 1.48. The highest BCUT2D eigenvalue weighted by atomic mass is 19.4. The van der Waals surface area contributed by atoms with Crippen LogP contribution in [-0.2, 0) is 17.1 Å². The molecule has 0 saturated carbocycles. The Labute approximate surface area is 108 Å². The van der Waals surface area contributed by atoms with Crippen molar-refractivity contribution in [2.45, 2.75) is 12.4 Å². The Hall–Kier alpha value is -2.24. The molecular formula is C11H5F6NO2. The normalized spacial score (nSPS) is 11.9. The summed E-state index contributed by atoms with van der Waals surface area (Å²) in [7, 11) is 0.654. The smallest absolute Gasteiger partial charge is 0.417 e. The second-order valence-corrected chi connectivity index (χ2v) is 3.55. The predicted molar refractivity (Wildman–Crippen MR) is 52.5 cm³/mol. The van der Waals surface area contributed by atoms with Gasteiger partial charge in [-0.05, 0) is 12.1 Å². The maximum absolute atomic E-state index is 12.7. The van der Waals surface area contributed by atoms with Crippen molar-refractivity contribution in [3.8, 4) is 6.07 Å². The van der Waals surface area contributed by atoms with E-state index in [0.29, 0.717) is 7.11 Å². The van der Waals surface area contributed by atoms with Crippen molar-refractivity contribution >= 4 is 5.97 Å². The van der Waals surface area contributed by atoms with Gasteiger partial charge in [-0.3, -0.25) is 0 Å². The van der Waals surface area contributed by atoms with Crippen LogP contribution >= 0.6 is 0 Å². The molecule has 3 nitrogen and oxygen atoms in total. The van der Waals surface area contributed by atoms with Crippen LogP contribution in [0, 0.1) is 11.3 Å². The summed E-state index contributed by atoms with van der Waals surface area (Å²) in [5.41, 5.74) is -6.25. The lowest BCUT2D eigenvalue weighted by molar-refractivity contribution is -0.144. The summed E-state index contributed by atoms with van der Waals surface area (Å²) in [6, 6.07) is 1.52. The van der Waals surface area contributed by atoms with Gasteiger partial charge in [-0.2, -0.15) is 31.6 Å². The monoisotopic (exact) mass is 297 g/mol. The fraction of sp³-hybridized carbons (Fsp3) is 0.273. The first kappa shape index (κ1) is 15.8. The molecule has 9 heteroatoms. The number of carbonyl (C=O) groups excluding carboxylic acids is 1. The van der Waals surface area contributed by atoms with E-state index in [1.54, 1.807) is 0 Å². The SMILES string of the molecule is COC(=O)c1c(C(F)(F)F)cc(C#N)cc1C(F)(F)F. The number of carbonyl (C=O) groups is 1. The molecule has 20 heavy (non-hydrogen) atoms. The summed E-state index contributed by atoms with van der Waals surface area (Å²) in [5, 5.41) is 8.50. The van der Waals surface area contributed by atoms with E-state index >= 15 is 0 Å². The van der Waals surface area contributed by atoms with Crippen LogP contribution in [0.2, 0.25) is 0 Å². The number of ether oxygens (including phenoxy) is 1. The van der Waals surface area contributed by atoms with Crippen molar-refractivity contribution in [1.29, 1.82) is 5.26 Å². The van der Waals surface area contributed by atoms with Gasteiger partial charge in [-0.15, -0.1) is 0 Å². The van der Waals surface area contributed by atoms with Gasteiger partial charge in [-0.1, -0.05) is 0 Å². The van der Waals surface area contributed by atoms with E-state index in [1.165, 1.54) is 6.07 Å². The molecule has 0 spiro atoms. The standard InChI is InChI=1S/C11H5F6NO2/c1-20-9(19)8-6(10(12,13)14)2-5(4-18)3-7(8)11(15,16)17/h2-3H,1H3. The predicted octanol–water partition coefficient (Wildman–Crippen LogP) is 3.38. The number of alkyl halides is 6. The lowest BCUT2D eigenvalue weighted by atomic mass is 9.97. The zero-order valence-electron chi connectivity index (χ0n) is 9.69. The third kappa shape index (κ3) is 3.01. The van der Waals surface area contributed by atoms with Gasteiger partial charge in [0.15, 0.2) is 0 Å². The number of halogens is 6. The molecule has 0 aromatic heterocycles. The number of esters is 1. The number of nitriles is 1. The minimum Gasteiger partial charge on any atom is -0.465 e. The number of nitrogens with zero attached hydrogens (tertiary/aromatic N) is 1. The first-order valence-corrected chi connectivity index (χ1v) is 4.83. The second kappa shape index (κ2) is 5.03. The van der Waals surface area contributed by atoms with Crippen LogP contribution < -0.4 is 0 Å². The number of benzene rings is 1. The summed E-state index contributed by atoms with van der Waals surface area (Å²) in [6.45, 7) is 0. The number of methoxy groups -OCH3 is 1.